The van der Waals surface area contributed by atoms with Crippen LogP contribution in [-0.4, -0.2) is 65.3 Å². The van der Waals surface area contributed by atoms with Crippen molar-refractivity contribution in [2.45, 2.75) is 6.16 Å². The van der Waals surface area contributed by atoms with Crippen LogP contribution in [0.15, 0.2) is 0 Å². The van der Waals surface area contributed by atoms with Crippen LogP contribution in [-0.2, 0) is 9.78 Å². The van der Waals surface area contributed by atoms with Crippen LogP contribution >= 0.6 is 0 Å². The minimum Gasteiger partial charge on any atom is 0 e. The van der Waals surface area contributed by atoms with Crippen molar-refractivity contribution in [3.63, 3.8) is 0 Å². The number of rotatable bonds is 0. The van der Waals surface area contributed by atoms with E-state index in [0.717, 1.165) is 0 Å². The van der Waals surface area contributed by atoms with Crippen molar-refractivity contribution >= 4 is 48.9 Å². The minimum atomic E-state index is -2.25. The largest absolute Gasteiger partial charge is 0 e. The summed E-state index contributed by atoms with van der Waals surface area (Å²) in [6.45, 7) is 0. The molecule has 6 heteroatoms. The first-order valence-corrected chi connectivity index (χ1v) is 1.02. The van der Waals surface area contributed by atoms with Crippen LogP contribution < -0.4 is 0 Å². The predicted octanol–water partition coefficient (Wildman–Crippen LogP) is -2.37. The fraction of sp³-hybridized carbons (Fsp3) is 1.00. The first-order valence-electron chi connectivity index (χ1n) is 1.02. The summed E-state index contributed by atoms with van der Waals surface area (Å²) in [4.78, 5) is 7.01. The summed E-state index contributed by atoms with van der Waals surface area (Å²) in [5.74, 6) is 0. The number of hydrogen-bond donors (Lipinski definition) is 2. The molecule has 0 spiro atoms. The molecular formula is CH4BaNdO4. The van der Waals surface area contributed by atoms with Gasteiger partial charge in [0.1, 0.15) is 0 Å². The zero-order valence-electron chi connectivity index (χ0n) is 2.71. The molecule has 4 nitrogen and oxygen atoms in total. The van der Waals surface area contributed by atoms with Gasteiger partial charge in [0.25, 0.3) is 0 Å². The van der Waals surface area contributed by atoms with Crippen molar-refractivity contribution in [3.8, 4) is 0 Å². The third kappa shape index (κ3) is 6.65. The van der Waals surface area contributed by atoms with E-state index in [1.54, 1.807) is 0 Å². The van der Waals surface area contributed by atoms with Crippen LogP contribution in [0.4, 0.5) is 0 Å². The van der Waals surface area contributed by atoms with Crippen molar-refractivity contribution in [1.29, 1.82) is 0 Å². The van der Waals surface area contributed by atoms with Crippen molar-refractivity contribution < 1.29 is 60.8 Å². The molecule has 0 aromatic rings. The molecule has 1 aliphatic rings. The van der Waals surface area contributed by atoms with Crippen LogP contribution in [0.5, 0.6) is 0 Å². The molecular weight excluding hydrogens is 358 g/mol. The molecule has 38 valence electrons. The van der Waals surface area contributed by atoms with E-state index in [1.807, 2.05) is 0 Å². The van der Waals surface area contributed by atoms with E-state index in [9.17, 15) is 0 Å². The van der Waals surface area contributed by atoms with Crippen LogP contribution in [0.1, 0.15) is 0 Å². The summed E-state index contributed by atoms with van der Waals surface area (Å²) in [6.07, 6.45) is -2.25. The Bertz CT molecular complexity index is 49.7. The number of aliphatic hydroxyl groups is 2. The van der Waals surface area contributed by atoms with E-state index in [2.05, 4.69) is 9.78 Å². The van der Waals surface area contributed by atoms with E-state index in [4.69, 9.17) is 10.2 Å². The summed E-state index contributed by atoms with van der Waals surface area (Å²) in [5.41, 5.74) is 0. The molecule has 1 rings (SSSR count). The molecule has 0 saturated carbocycles. The summed E-state index contributed by atoms with van der Waals surface area (Å²) in [6, 6.07) is 0. The fourth-order valence-electron chi connectivity index (χ4n) is 0.0373. The van der Waals surface area contributed by atoms with Gasteiger partial charge in [-0.3, -0.25) is 0 Å². The third-order valence-electron chi connectivity index (χ3n) is 0.232. The molecule has 0 bridgehead atoms. The molecule has 1 saturated heterocycles. The molecule has 0 atom stereocenters. The van der Waals surface area contributed by atoms with Gasteiger partial charge in [-0.25, -0.2) is 0 Å². The Kier molecular flexibility index (Phi) is 8.10. The Morgan fingerprint density at radius 1 is 1.14 bits per heavy atom. The van der Waals surface area contributed by atoms with Crippen molar-refractivity contribution in [3.05, 3.63) is 0 Å². The van der Waals surface area contributed by atoms with Crippen LogP contribution in [0.2, 0.25) is 0 Å². The van der Waals surface area contributed by atoms with Gasteiger partial charge in [-0.15, -0.1) is 9.78 Å². The van der Waals surface area contributed by atoms with Crippen LogP contribution in [0, 0.1) is 40.8 Å². The second-order valence-electron chi connectivity index (χ2n) is 0.715. The van der Waals surface area contributed by atoms with E-state index in [1.165, 1.54) is 0 Å². The maximum atomic E-state index is 7.74. The van der Waals surface area contributed by atoms with Crippen molar-refractivity contribution in [2.75, 3.05) is 0 Å². The molecule has 1 fully saturated rings. The fourth-order valence-corrected chi connectivity index (χ4v) is 0.0373. The van der Waals surface area contributed by atoms with Crippen molar-refractivity contribution in [2.24, 2.45) is 0 Å². The zero-order chi connectivity index (χ0) is 3.91. The molecule has 0 amide bonds. The molecule has 7 heavy (non-hydrogen) atoms. The SMILES string of the molecule is OC1(O)OO1.[BaH2].[Nd]. The second kappa shape index (κ2) is 4.56. The molecule has 0 aromatic heterocycles. The van der Waals surface area contributed by atoms with Gasteiger partial charge in [-0.05, 0) is 0 Å². The Morgan fingerprint density at radius 3 is 1.29 bits per heavy atom. The average molecular weight is 362 g/mol. The van der Waals surface area contributed by atoms with Gasteiger partial charge in [0.05, 0.1) is 0 Å². The maximum absolute atomic E-state index is 7.74. The van der Waals surface area contributed by atoms with Crippen molar-refractivity contribution in [1.82, 2.24) is 0 Å². The standard InChI is InChI=1S/CH2O4.Ba.Nd.2H/c2-1(3)4-5-1;;;;/h2-3H;;;;. The summed E-state index contributed by atoms with van der Waals surface area (Å²) in [7, 11) is 0. The predicted molar refractivity (Wildman–Crippen MR) is 17.9 cm³/mol. The first kappa shape index (κ1) is 12.4. The van der Waals surface area contributed by atoms with Crippen LogP contribution in [0.3, 0.4) is 0 Å². The van der Waals surface area contributed by atoms with Gasteiger partial charge in [0.15, 0.2) is 0 Å². The van der Waals surface area contributed by atoms with E-state index in [-0.39, 0.29) is 89.7 Å². The van der Waals surface area contributed by atoms with E-state index in [0.29, 0.717) is 0 Å². The summed E-state index contributed by atoms with van der Waals surface area (Å²) in [5, 5.41) is 15.5. The third-order valence-corrected chi connectivity index (χ3v) is 0.232. The smallest absolute Gasteiger partial charge is 0 e. The second-order valence-corrected chi connectivity index (χ2v) is 0.715. The quantitative estimate of drug-likeness (QED) is 0.219. The topological polar surface area (TPSA) is 65.5 Å². The number of hydrogen-bond acceptors (Lipinski definition) is 4. The molecule has 1 heterocycles. The van der Waals surface area contributed by atoms with Gasteiger partial charge in [0, 0.05) is 40.8 Å². The Balaban J connectivity index is 0. The zero-order valence-corrected chi connectivity index (χ0v) is 5.92. The summed E-state index contributed by atoms with van der Waals surface area (Å²) >= 11 is 0. The molecule has 0 aromatic carbocycles. The average Bonchev–Trinajstić information content (AvgIpc) is 1.76. The van der Waals surface area contributed by atoms with Gasteiger partial charge >= 0.3 is 55.0 Å². The van der Waals surface area contributed by atoms with E-state index >= 15 is 0 Å². The monoisotopic (exact) mass is 360 g/mol. The summed E-state index contributed by atoms with van der Waals surface area (Å²) < 4.78 is 0. The molecule has 1 aliphatic heterocycles. The van der Waals surface area contributed by atoms with Gasteiger partial charge in [0.2, 0.25) is 0 Å². The first-order chi connectivity index (χ1) is 2.21. The maximum Gasteiger partial charge on any atom is 0 e. The van der Waals surface area contributed by atoms with E-state index < -0.39 is 6.16 Å². The van der Waals surface area contributed by atoms with Gasteiger partial charge < -0.3 is 10.2 Å². The minimum absolute atomic E-state index is 0. The van der Waals surface area contributed by atoms with Gasteiger partial charge in [-0.2, -0.15) is 0 Å². The Hall–Kier alpha value is 2.76. The molecule has 0 unspecified atom stereocenters. The normalized spacial score (nSPS) is 21.4. The molecule has 0 aliphatic carbocycles. The van der Waals surface area contributed by atoms with Gasteiger partial charge in [-0.1, -0.05) is 0 Å². The molecule has 0 radical (unpaired) electrons. The Labute approximate surface area is 113 Å². The van der Waals surface area contributed by atoms with Crippen LogP contribution in [0.25, 0.3) is 0 Å². The molecule has 2 N–H and O–H groups in total. The Morgan fingerprint density at radius 2 is 1.29 bits per heavy atom.